The first-order valence-electron chi connectivity index (χ1n) is 6.18. The lowest BCUT2D eigenvalue weighted by atomic mass is 10.0. The number of benzene rings is 2. The molecule has 2 aromatic rings. The van der Waals surface area contributed by atoms with Crippen LogP contribution in [0.2, 0.25) is 0 Å². The van der Waals surface area contributed by atoms with Gasteiger partial charge < -0.3 is 18.9 Å². The van der Waals surface area contributed by atoms with E-state index < -0.39 is 0 Å². The Bertz CT molecular complexity index is 593. The predicted molar refractivity (Wildman–Crippen MR) is 78.1 cm³/mol. The van der Waals surface area contributed by atoms with Crippen molar-refractivity contribution in [3.63, 3.8) is 0 Å². The minimum Gasteiger partial charge on any atom is -0.497 e. The molecule has 0 amide bonds. The van der Waals surface area contributed by atoms with E-state index in [2.05, 4.69) is 0 Å². The maximum Gasteiger partial charge on any atom is 0.130 e. The molecule has 4 nitrogen and oxygen atoms in total. The Morgan fingerprint density at radius 2 is 1.15 bits per heavy atom. The molecule has 2 aromatic carbocycles. The van der Waals surface area contributed by atoms with E-state index in [1.54, 1.807) is 28.4 Å². The Hall–Kier alpha value is -2.36. The van der Waals surface area contributed by atoms with Crippen LogP contribution in [0.15, 0.2) is 36.4 Å². The second-order valence-corrected chi connectivity index (χ2v) is 4.13. The SMILES string of the molecule is COc1ccc(-c2cc(OC)ccc2OC)c(OC)c1. The molecular formula is C16H18O4. The maximum atomic E-state index is 5.44. The molecule has 0 N–H and O–H groups in total. The van der Waals surface area contributed by atoms with Gasteiger partial charge in [-0.1, -0.05) is 0 Å². The van der Waals surface area contributed by atoms with E-state index in [4.69, 9.17) is 18.9 Å². The highest BCUT2D eigenvalue weighted by atomic mass is 16.5. The van der Waals surface area contributed by atoms with Crippen LogP contribution in [0.25, 0.3) is 11.1 Å². The zero-order valence-electron chi connectivity index (χ0n) is 12.1. The van der Waals surface area contributed by atoms with Gasteiger partial charge in [0.2, 0.25) is 0 Å². The summed E-state index contributed by atoms with van der Waals surface area (Å²) in [6.45, 7) is 0. The number of hydrogen-bond donors (Lipinski definition) is 0. The Kier molecular flexibility index (Phi) is 4.35. The molecule has 0 saturated carbocycles. The van der Waals surface area contributed by atoms with Crippen molar-refractivity contribution < 1.29 is 18.9 Å². The molecule has 0 aromatic heterocycles. The van der Waals surface area contributed by atoms with Crippen LogP contribution >= 0.6 is 0 Å². The van der Waals surface area contributed by atoms with Gasteiger partial charge in [-0.3, -0.25) is 0 Å². The molecule has 0 heterocycles. The zero-order chi connectivity index (χ0) is 14.5. The van der Waals surface area contributed by atoms with Gasteiger partial charge in [-0.05, 0) is 30.3 Å². The molecule has 20 heavy (non-hydrogen) atoms. The van der Waals surface area contributed by atoms with Crippen LogP contribution in [0.4, 0.5) is 0 Å². The zero-order valence-corrected chi connectivity index (χ0v) is 12.1. The van der Waals surface area contributed by atoms with E-state index in [0.717, 1.165) is 34.1 Å². The van der Waals surface area contributed by atoms with Crippen molar-refractivity contribution in [2.24, 2.45) is 0 Å². The van der Waals surface area contributed by atoms with Crippen LogP contribution in [0.1, 0.15) is 0 Å². The minimum atomic E-state index is 0.718. The highest BCUT2D eigenvalue weighted by Crippen LogP contribution is 2.40. The quantitative estimate of drug-likeness (QED) is 0.837. The molecule has 4 heteroatoms. The summed E-state index contributed by atoms with van der Waals surface area (Å²) in [7, 11) is 6.53. The fraction of sp³-hybridized carbons (Fsp3) is 0.250. The highest BCUT2D eigenvalue weighted by molar-refractivity contribution is 5.77. The monoisotopic (exact) mass is 274 g/mol. The molecule has 0 radical (unpaired) electrons. The number of rotatable bonds is 5. The van der Waals surface area contributed by atoms with E-state index in [1.807, 2.05) is 36.4 Å². The number of methoxy groups -OCH3 is 4. The van der Waals surface area contributed by atoms with Crippen LogP contribution in [0, 0.1) is 0 Å². The molecule has 0 aliphatic rings. The largest absolute Gasteiger partial charge is 0.497 e. The summed E-state index contributed by atoms with van der Waals surface area (Å²) in [4.78, 5) is 0. The van der Waals surface area contributed by atoms with Crippen molar-refractivity contribution in [1.29, 1.82) is 0 Å². The lowest BCUT2D eigenvalue weighted by Crippen LogP contribution is -1.94. The van der Waals surface area contributed by atoms with Crippen LogP contribution in [0.3, 0.4) is 0 Å². The average Bonchev–Trinajstić information content (AvgIpc) is 2.53. The maximum absolute atomic E-state index is 5.44. The number of ether oxygens (including phenoxy) is 4. The third-order valence-corrected chi connectivity index (χ3v) is 3.11. The summed E-state index contributed by atoms with van der Waals surface area (Å²) in [5, 5.41) is 0. The van der Waals surface area contributed by atoms with Crippen molar-refractivity contribution in [2.75, 3.05) is 28.4 Å². The van der Waals surface area contributed by atoms with Crippen molar-refractivity contribution >= 4 is 0 Å². The van der Waals surface area contributed by atoms with Gasteiger partial charge >= 0.3 is 0 Å². The summed E-state index contributed by atoms with van der Waals surface area (Å²) in [5.41, 5.74) is 1.83. The summed E-state index contributed by atoms with van der Waals surface area (Å²) in [5.74, 6) is 2.98. The highest BCUT2D eigenvalue weighted by Gasteiger charge is 2.13. The molecule has 0 spiro atoms. The Morgan fingerprint density at radius 1 is 0.550 bits per heavy atom. The molecule has 0 aliphatic heterocycles. The normalized spacial score (nSPS) is 10.0. The molecule has 0 fully saturated rings. The smallest absolute Gasteiger partial charge is 0.130 e. The molecule has 0 saturated heterocycles. The van der Waals surface area contributed by atoms with Crippen LogP contribution in [-0.4, -0.2) is 28.4 Å². The fourth-order valence-electron chi connectivity index (χ4n) is 2.05. The van der Waals surface area contributed by atoms with Crippen LogP contribution in [-0.2, 0) is 0 Å². The predicted octanol–water partition coefficient (Wildman–Crippen LogP) is 3.39. The lowest BCUT2D eigenvalue weighted by Gasteiger charge is -2.14. The first kappa shape index (κ1) is 14.1. The third-order valence-electron chi connectivity index (χ3n) is 3.11. The fourth-order valence-corrected chi connectivity index (χ4v) is 2.05. The first-order valence-corrected chi connectivity index (χ1v) is 6.18. The first-order chi connectivity index (χ1) is 9.73. The topological polar surface area (TPSA) is 36.9 Å². The van der Waals surface area contributed by atoms with Gasteiger partial charge in [-0.15, -0.1) is 0 Å². The standard InChI is InChI=1S/C16H18O4/c1-17-11-6-8-15(19-3)14(9-11)13-7-5-12(18-2)10-16(13)20-4/h5-10H,1-4H3. The summed E-state index contributed by atoms with van der Waals surface area (Å²) in [6.07, 6.45) is 0. The molecule has 0 unspecified atom stereocenters. The van der Waals surface area contributed by atoms with Gasteiger partial charge in [0, 0.05) is 17.2 Å². The van der Waals surface area contributed by atoms with Crippen molar-refractivity contribution in [2.45, 2.75) is 0 Å². The van der Waals surface area contributed by atoms with Gasteiger partial charge in [0.1, 0.15) is 23.0 Å². The Morgan fingerprint density at radius 3 is 1.75 bits per heavy atom. The van der Waals surface area contributed by atoms with Gasteiger partial charge in [0.25, 0.3) is 0 Å². The average molecular weight is 274 g/mol. The van der Waals surface area contributed by atoms with Crippen LogP contribution < -0.4 is 18.9 Å². The lowest BCUT2D eigenvalue weighted by molar-refractivity contribution is 0.393. The molecule has 2 rings (SSSR count). The second-order valence-electron chi connectivity index (χ2n) is 4.13. The summed E-state index contributed by atoms with van der Waals surface area (Å²) < 4.78 is 21.3. The third kappa shape index (κ3) is 2.64. The van der Waals surface area contributed by atoms with Gasteiger partial charge in [0.15, 0.2) is 0 Å². The van der Waals surface area contributed by atoms with Gasteiger partial charge in [-0.25, -0.2) is 0 Å². The van der Waals surface area contributed by atoms with Gasteiger partial charge in [0.05, 0.1) is 28.4 Å². The molecule has 106 valence electrons. The van der Waals surface area contributed by atoms with Crippen molar-refractivity contribution in [1.82, 2.24) is 0 Å². The second kappa shape index (κ2) is 6.19. The molecule has 0 aliphatic carbocycles. The van der Waals surface area contributed by atoms with Crippen molar-refractivity contribution in [3.8, 4) is 34.1 Å². The van der Waals surface area contributed by atoms with Crippen LogP contribution in [0.5, 0.6) is 23.0 Å². The summed E-state index contributed by atoms with van der Waals surface area (Å²) >= 11 is 0. The summed E-state index contributed by atoms with van der Waals surface area (Å²) in [6, 6.07) is 11.3. The van der Waals surface area contributed by atoms with E-state index in [-0.39, 0.29) is 0 Å². The Labute approximate surface area is 118 Å². The van der Waals surface area contributed by atoms with E-state index >= 15 is 0 Å². The Balaban J connectivity index is 2.60. The van der Waals surface area contributed by atoms with E-state index in [9.17, 15) is 0 Å². The van der Waals surface area contributed by atoms with Gasteiger partial charge in [-0.2, -0.15) is 0 Å². The van der Waals surface area contributed by atoms with E-state index in [1.165, 1.54) is 0 Å². The molecule has 0 atom stereocenters. The molecular weight excluding hydrogens is 256 g/mol. The van der Waals surface area contributed by atoms with E-state index in [0.29, 0.717) is 0 Å². The minimum absolute atomic E-state index is 0.718. The number of hydrogen-bond acceptors (Lipinski definition) is 4. The van der Waals surface area contributed by atoms with Crippen molar-refractivity contribution in [3.05, 3.63) is 36.4 Å². The molecule has 0 bridgehead atoms.